The number of carbonyl (C=O) groups is 1. The van der Waals surface area contributed by atoms with Crippen LogP contribution in [0.25, 0.3) is 0 Å². The van der Waals surface area contributed by atoms with E-state index in [4.69, 9.17) is 0 Å². The van der Waals surface area contributed by atoms with Crippen LogP contribution < -0.4 is 0 Å². The van der Waals surface area contributed by atoms with E-state index in [0.717, 1.165) is 43.9 Å². The Bertz CT molecular complexity index is 672. The van der Waals surface area contributed by atoms with Gasteiger partial charge in [-0.05, 0) is 30.2 Å². The van der Waals surface area contributed by atoms with Gasteiger partial charge in [0, 0.05) is 37.7 Å². The van der Waals surface area contributed by atoms with Crippen LogP contribution in [-0.2, 0) is 10.0 Å². The summed E-state index contributed by atoms with van der Waals surface area (Å²) in [5.74, 6) is 2.20. The molecule has 0 bridgehead atoms. The van der Waals surface area contributed by atoms with E-state index in [0.29, 0.717) is 23.9 Å². The van der Waals surface area contributed by atoms with Crippen LogP contribution in [0.2, 0.25) is 0 Å². The van der Waals surface area contributed by atoms with Gasteiger partial charge < -0.3 is 4.90 Å². The zero-order valence-electron chi connectivity index (χ0n) is 13.9. The molecule has 0 aliphatic carbocycles. The van der Waals surface area contributed by atoms with Gasteiger partial charge in [-0.15, -0.1) is 11.3 Å². The Labute approximate surface area is 152 Å². The highest BCUT2D eigenvalue weighted by molar-refractivity contribution is 7.99. The van der Waals surface area contributed by atoms with Gasteiger partial charge in [-0.25, -0.2) is 8.42 Å². The highest BCUT2D eigenvalue weighted by Crippen LogP contribution is 2.29. The molecule has 0 unspecified atom stereocenters. The van der Waals surface area contributed by atoms with Crippen molar-refractivity contribution < 1.29 is 13.2 Å². The summed E-state index contributed by atoms with van der Waals surface area (Å²) in [6.45, 7) is 4.70. The zero-order valence-corrected chi connectivity index (χ0v) is 16.4. The maximum absolute atomic E-state index is 12.9. The maximum Gasteiger partial charge on any atom is 0.265 e. The summed E-state index contributed by atoms with van der Waals surface area (Å²) < 4.78 is 27.3. The number of amides is 1. The summed E-state index contributed by atoms with van der Waals surface area (Å²) in [5.41, 5.74) is 0. The van der Waals surface area contributed by atoms with Crippen molar-refractivity contribution in [2.24, 2.45) is 5.92 Å². The van der Waals surface area contributed by atoms with Crippen molar-refractivity contribution in [3.05, 3.63) is 16.3 Å². The predicted octanol–water partition coefficient (Wildman–Crippen LogP) is 2.75. The highest BCUT2D eigenvalue weighted by Gasteiger charge is 2.33. The van der Waals surface area contributed by atoms with Crippen molar-refractivity contribution >= 4 is 39.0 Å². The third kappa shape index (κ3) is 3.66. The van der Waals surface area contributed by atoms with Crippen LogP contribution in [-0.4, -0.2) is 61.2 Å². The van der Waals surface area contributed by atoms with Crippen LogP contribution in [0.5, 0.6) is 0 Å². The number of likely N-dealkylation sites (tertiary alicyclic amines) is 1. The number of carbonyl (C=O) groups excluding carboxylic acids is 1. The number of thioether (sulfide) groups is 1. The third-order valence-electron chi connectivity index (χ3n) is 4.89. The van der Waals surface area contributed by atoms with Crippen molar-refractivity contribution in [1.82, 2.24) is 9.21 Å². The van der Waals surface area contributed by atoms with Gasteiger partial charge in [-0.2, -0.15) is 16.1 Å². The Morgan fingerprint density at radius 1 is 1.21 bits per heavy atom. The summed E-state index contributed by atoms with van der Waals surface area (Å²) >= 11 is 3.02. The van der Waals surface area contributed by atoms with Gasteiger partial charge in [0.25, 0.3) is 5.91 Å². The molecule has 1 amide bonds. The van der Waals surface area contributed by atoms with Gasteiger partial charge in [-0.3, -0.25) is 4.79 Å². The number of thiophene rings is 1. The Morgan fingerprint density at radius 3 is 2.50 bits per heavy atom. The lowest BCUT2D eigenvalue weighted by molar-refractivity contribution is 0.0690. The molecule has 1 aromatic rings. The maximum atomic E-state index is 12.9. The molecule has 8 heteroatoms. The molecule has 0 saturated carbocycles. The lowest BCUT2D eigenvalue weighted by Gasteiger charge is -2.31. The van der Waals surface area contributed by atoms with E-state index in [9.17, 15) is 13.2 Å². The van der Waals surface area contributed by atoms with Crippen molar-refractivity contribution in [3.63, 3.8) is 0 Å². The van der Waals surface area contributed by atoms with Crippen LogP contribution in [0.3, 0.4) is 0 Å². The molecule has 2 aliphatic heterocycles. The minimum absolute atomic E-state index is 0.121. The van der Waals surface area contributed by atoms with E-state index >= 15 is 0 Å². The predicted molar refractivity (Wildman–Crippen MR) is 99.3 cm³/mol. The summed E-state index contributed by atoms with van der Waals surface area (Å²) in [6, 6.07) is 1.59. The average molecular weight is 389 g/mol. The third-order valence-corrected chi connectivity index (χ3v) is 8.81. The number of nitrogens with zero attached hydrogens (tertiary/aromatic N) is 2. The molecule has 0 atom stereocenters. The largest absolute Gasteiger partial charge is 0.338 e. The molecule has 3 rings (SSSR count). The zero-order chi connectivity index (χ0) is 17.2. The topological polar surface area (TPSA) is 57.7 Å². The van der Waals surface area contributed by atoms with E-state index < -0.39 is 10.0 Å². The lowest BCUT2D eigenvalue weighted by atomic mass is 9.94. The van der Waals surface area contributed by atoms with Crippen LogP contribution in [0, 0.1) is 5.92 Å². The van der Waals surface area contributed by atoms with E-state index in [2.05, 4.69) is 6.92 Å². The molecule has 0 aromatic carbocycles. The molecule has 5 nitrogen and oxygen atoms in total. The monoisotopic (exact) mass is 388 g/mol. The standard InChI is InChI=1S/C16H24N2O3S3/c1-2-13-3-6-17(7-4-13)16(19)15-14(5-10-23-15)24(20,21)18-8-11-22-12-9-18/h5,10,13H,2-4,6-9,11-12H2,1H3. The number of hydrogen-bond acceptors (Lipinski definition) is 5. The molecule has 2 saturated heterocycles. The van der Waals surface area contributed by atoms with Crippen LogP contribution in [0.4, 0.5) is 0 Å². The van der Waals surface area contributed by atoms with Gasteiger partial charge in [-0.1, -0.05) is 13.3 Å². The summed E-state index contributed by atoms with van der Waals surface area (Å²) in [4.78, 5) is 15.3. The number of hydrogen-bond donors (Lipinski definition) is 0. The Kier molecular flexibility index (Phi) is 5.89. The van der Waals surface area contributed by atoms with Gasteiger partial charge in [0.1, 0.15) is 9.77 Å². The van der Waals surface area contributed by atoms with E-state index in [1.54, 1.807) is 23.2 Å². The fourth-order valence-electron chi connectivity index (χ4n) is 3.27. The second-order valence-electron chi connectivity index (χ2n) is 6.27. The number of sulfonamides is 1. The summed E-state index contributed by atoms with van der Waals surface area (Å²) in [7, 11) is -3.57. The minimum atomic E-state index is -3.57. The normalized spacial score (nSPS) is 21.1. The first-order valence-corrected chi connectivity index (χ1v) is 12.0. The minimum Gasteiger partial charge on any atom is -0.338 e. The van der Waals surface area contributed by atoms with E-state index in [1.165, 1.54) is 15.6 Å². The molecule has 0 spiro atoms. The molecule has 1 aromatic heterocycles. The van der Waals surface area contributed by atoms with Crippen molar-refractivity contribution in [2.45, 2.75) is 31.1 Å². The van der Waals surface area contributed by atoms with Crippen LogP contribution >= 0.6 is 23.1 Å². The molecular formula is C16H24N2O3S3. The number of piperidine rings is 1. The molecule has 3 heterocycles. The van der Waals surface area contributed by atoms with E-state index in [-0.39, 0.29) is 10.8 Å². The Balaban J connectivity index is 1.78. The molecule has 2 fully saturated rings. The van der Waals surface area contributed by atoms with Gasteiger partial charge in [0.05, 0.1) is 0 Å². The second kappa shape index (κ2) is 7.76. The molecular weight excluding hydrogens is 364 g/mol. The van der Waals surface area contributed by atoms with Crippen LogP contribution in [0.15, 0.2) is 16.3 Å². The van der Waals surface area contributed by atoms with Crippen molar-refractivity contribution in [1.29, 1.82) is 0 Å². The second-order valence-corrected chi connectivity index (χ2v) is 10.3. The fraction of sp³-hybridized carbons (Fsp3) is 0.688. The van der Waals surface area contributed by atoms with Crippen molar-refractivity contribution in [2.75, 3.05) is 37.7 Å². The Hall–Kier alpha value is -0.570. The molecule has 0 radical (unpaired) electrons. The lowest BCUT2D eigenvalue weighted by Crippen LogP contribution is -2.40. The summed E-state index contributed by atoms with van der Waals surface area (Å²) in [5, 5.41) is 1.72. The van der Waals surface area contributed by atoms with E-state index in [1.807, 2.05) is 4.90 Å². The van der Waals surface area contributed by atoms with Crippen LogP contribution in [0.1, 0.15) is 35.9 Å². The quantitative estimate of drug-likeness (QED) is 0.796. The fourth-order valence-corrected chi connectivity index (χ4v) is 7.21. The first-order valence-electron chi connectivity index (χ1n) is 8.48. The van der Waals surface area contributed by atoms with Gasteiger partial charge >= 0.3 is 0 Å². The van der Waals surface area contributed by atoms with Crippen molar-refractivity contribution in [3.8, 4) is 0 Å². The first-order chi connectivity index (χ1) is 11.5. The molecule has 24 heavy (non-hydrogen) atoms. The number of rotatable bonds is 4. The molecule has 2 aliphatic rings. The average Bonchev–Trinajstić information content (AvgIpc) is 3.12. The smallest absolute Gasteiger partial charge is 0.265 e. The van der Waals surface area contributed by atoms with Gasteiger partial charge in [0.2, 0.25) is 10.0 Å². The first kappa shape index (κ1) is 18.2. The van der Waals surface area contributed by atoms with Gasteiger partial charge in [0.15, 0.2) is 0 Å². The Morgan fingerprint density at radius 2 is 1.88 bits per heavy atom. The SMILES string of the molecule is CCC1CCN(C(=O)c2sccc2S(=O)(=O)N2CCSCC2)CC1. The molecule has 0 N–H and O–H groups in total. The summed E-state index contributed by atoms with van der Waals surface area (Å²) in [6.07, 6.45) is 3.17. The highest BCUT2D eigenvalue weighted by atomic mass is 32.2. The molecule has 134 valence electrons.